The van der Waals surface area contributed by atoms with E-state index in [9.17, 15) is 10.2 Å². The lowest BCUT2D eigenvalue weighted by Crippen LogP contribution is -2.66. The predicted octanol–water partition coefficient (Wildman–Crippen LogP) is 7.97. The Hall–Kier alpha value is -5.52. The molecule has 2 heterocycles. The van der Waals surface area contributed by atoms with Crippen molar-refractivity contribution < 1.29 is 62.3 Å². The fraction of sp³-hybridized carbons (Fsp3) is 0.357. The molecule has 364 valence electrons. The van der Waals surface area contributed by atoms with Gasteiger partial charge in [0.2, 0.25) is 0 Å². The minimum Gasteiger partial charge on any atom is -0.497 e. The summed E-state index contributed by atoms with van der Waals surface area (Å²) in [5.41, 5.74) is 5.39. The van der Waals surface area contributed by atoms with Crippen LogP contribution >= 0.6 is 0 Å². The van der Waals surface area contributed by atoms with Gasteiger partial charge in [-0.15, -0.1) is 0 Å². The maximum Gasteiger partial charge on any atom is 0.187 e. The molecule has 8 rings (SSSR count). The highest BCUT2D eigenvalue weighted by atomic mass is 16.7. The maximum atomic E-state index is 12.3. The molecule has 69 heavy (non-hydrogen) atoms. The molecular formula is C56H62O13. The highest BCUT2D eigenvalue weighted by Crippen LogP contribution is 2.35. The van der Waals surface area contributed by atoms with Crippen molar-refractivity contribution in [3.63, 3.8) is 0 Å². The average Bonchev–Trinajstić information content (AvgIpc) is 3.40. The second-order valence-corrected chi connectivity index (χ2v) is 17.0. The molecule has 2 aliphatic rings. The Labute approximate surface area is 404 Å². The molecule has 2 fully saturated rings. The quantitative estimate of drug-likeness (QED) is 0.0607. The zero-order chi connectivity index (χ0) is 47.6. The Balaban J connectivity index is 1.15. The van der Waals surface area contributed by atoms with Crippen LogP contribution in [0.15, 0.2) is 170 Å². The number of rotatable bonds is 24. The number of ether oxygens (including phenoxy) is 11. The molecule has 2 aliphatic heterocycles. The first-order valence-electron chi connectivity index (χ1n) is 23.3. The van der Waals surface area contributed by atoms with E-state index >= 15 is 0 Å². The van der Waals surface area contributed by atoms with Gasteiger partial charge in [0.1, 0.15) is 60.3 Å². The lowest BCUT2D eigenvalue weighted by Gasteiger charge is -2.49. The maximum absolute atomic E-state index is 12.3. The fourth-order valence-corrected chi connectivity index (χ4v) is 8.32. The van der Waals surface area contributed by atoms with Crippen molar-refractivity contribution in [3.05, 3.63) is 203 Å². The first kappa shape index (κ1) is 49.9. The van der Waals surface area contributed by atoms with Gasteiger partial charge >= 0.3 is 0 Å². The molecule has 13 heteroatoms. The molecule has 2 N–H and O–H groups in total. The molecule has 0 radical (unpaired) electrons. The Morgan fingerprint density at radius 2 is 0.754 bits per heavy atom. The summed E-state index contributed by atoms with van der Waals surface area (Å²) in [5, 5.41) is 24.2. The summed E-state index contributed by atoms with van der Waals surface area (Å²) < 4.78 is 70.7. The number of benzene rings is 6. The predicted molar refractivity (Wildman–Crippen MR) is 256 cm³/mol. The van der Waals surface area contributed by atoms with Crippen LogP contribution < -0.4 is 9.47 Å². The molecule has 0 amide bonds. The summed E-state index contributed by atoms with van der Waals surface area (Å²) in [5.74, 6) is 1.40. The largest absolute Gasteiger partial charge is 0.497 e. The van der Waals surface area contributed by atoms with Gasteiger partial charge < -0.3 is 62.3 Å². The zero-order valence-electron chi connectivity index (χ0n) is 39.0. The third-order valence-corrected chi connectivity index (χ3v) is 12.1. The van der Waals surface area contributed by atoms with Gasteiger partial charge in [0.15, 0.2) is 12.6 Å². The number of aliphatic hydroxyl groups is 2. The van der Waals surface area contributed by atoms with E-state index in [2.05, 4.69) is 0 Å². The lowest BCUT2D eigenvalue weighted by molar-refractivity contribution is -0.371. The van der Waals surface area contributed by atoms with Crippen LogP contribution in [0.2, 0.25) is 0 Å². The summed E-state index contributed by atoms with van der Waals surface area (Å²) in [6.07, 6.45) is -10.8. The molecule has 0 unspecified atom stereocenters. The summed E-state index contributed by atoms with van der Waals surface area (Å²) >= 11 is 0. The molecule has 10 atom stereocenters. The van der Waals surface area contributed by atoms with Crippen LogP contribution in [0.1, 0.15) is 33.4 Å². The average molecular weight is 943 g/mol. The van der Waals surface area contributed by atoms with E-state index in [1.165, 1.54) is 0 Å². The molecule has 0 aliphatic carbocycles. The van der Waals surface area contributed by atoms with Gasteiger partial charge in [-0.3, -0.25) is 0 Å². The van der Waals surface area contributed by atoms with Crippen molar-refractivity contribution >= 4 is 0 Å². The van der Waals surface area contributed by atoms with E-state index in [4.69, 9.17) is 52.1 Å². The molecule has 6 aromatic carbocycles. The van der Waals surface area contributed by atoms with Crippen molar-refractivity contribution in [3.8, 4) is 11.5 Å². The molecule has 0 aromatic heterocycles. The van der Waals surface area contributed by atoms with E-state index < -0.39 is 61.4 Å². The number of methoxy groups -OCH3 is 2. The topological polar surface area (TPSA) is 142 Å². The van der Waals surface area contributed by atoms with E-state index in [0.717, 1.165) is 33.4 Å². The molecule has 6 aromatic rings. The van der Waals surface area contributed by atoms with Gasteiger partial charge in [-0.1, -0.05) is 146 Å². The Bertz CT molecular complexity index is 2340. The molecule has 0 spiro atoms. The third kappa shape index (κ3) is 14.3. The highest BCUT2D eigenvalue weighted by molar-refractivity contribution is 5.28. The second-order valence-electron chi connectivity index (χ2n) is 17.0. The van der Waals surface area contributed by atoms with Crippen LogP contribution in [0.4, 0.5) is 0 Å². The van der Waals surface area contributed by atoms with Crippen LogP contribution in [-0.2, 0) is 82.3 Å². The minimum absolute atomic E-state index is 0.000946. The Kier molecular flexibility index (Phi) is 18.7. The van der Waals surface area contributed by atoms with Crippen molar-refractivity contribution in [2.24, 2.45) is 0 Å². The summed E-state index contributed by atoms with van der Waals surface area (Å²) in [4.78, 5) is 0. The van der Waals surface area contributed by atoms with E-state index in [-0.39, 0.29) is 52.9 Å². The van der Waals surface area contributed by atoms with Gasteiger partial charge in [0.05, 0.1) is 67.1 Å². The normalized spacial score (nSPS) is 24.7. The highest BCUT2D eigenvalue weighted by Gasteiger charge is 2.53. The Morgan fingerprint density at radius 1 is 0.377 bits per heavy atom. The minimum atomic E-state index is -1.43. The molecule has 0 bridgehead atoms. The third-order valence-electron chi connectivity index (χ3n) is 12.1. The summed E-state index contributed by atoms with van der Waals surface area (Å²) in [7, 11) is 3.22. The van der Waals surface area contributed by atoms with E-state index in [1.807, 2.05) is 170 Å². The van der Waals surface area contributed by atoms with Gasteiger partial charge in [0, 0.05) is 0 Å². The smallest absolute Gasteiger partial charge is 0.187 e. The van der Waals surface area contributed by atoms with Crippen molar-refractivity contribution in [1.29, 1.82) is 0 Å². The van der Waals surface area contributed by atoms with Gasteiger partial charge in [0.25, 0.3) is 0 Å². The van der Waals surface area contributed by atoms with Crippen molar-refractivity contribution in [2.75, 3.05) is 27.4 Å². The summed E-state index contributed by atoms with van der Waals surface area (Å²) in [6.45, 7) is 1.07. The van der Waals surface area contributed by atoms with Crippen LogP contribution in [0.5, 0.6) is 11.5 Å². The number of hydrogen-bond acceptors (Lipinski definition) is 13. The number of aliphatic hydroxyl groups excluding tert-OH is 2. The van der Waals surface area contributed by atoms with Crippen molar-refractivity contribution in [1.82, 2.24) is 0 Å². The van der Waals surface area contributed by atoms with Crippen LogP contribution in [0, 0.1) is 0 Å². The standard InChI is InChI=1S/C56H62O13/c1-59-45-27-23-43(24-28-45)35-63-51-49(57)47(37-61-31-39-15-7-3-8-16-39)68-56(54(51)66-36-44-25-29-46(60-2)30-26-44)69-50-48(38-62-32-40-17-9-4-10-18-40)67-55(58)53(65-34-42-21-13-6-14-22-42)52(50)64-33-41-19-11-5-12-20-41/h3-30,47-58H,31-38H2,1-2H3/t47-,48-,49+,50-,51+,52+,53-,54-,55+,56+/m1/s1. The van der Waals surface area contributed by atoms with Gasteiger partial charge in [-0.05, 0) is 57.6 Å². The molecule has 0 saturated carbocycles. The van der Waals surface area contributed by atoms with Gasteiger partial charge in [-0.2, -0.15) is 0 Å². The summed E-state index contributed by atoms with van der Waals surface area (Å²) in [6, 6.07) is 54.0. The molecule has 13 nitrogen and oxygen atoms in total. The van der Waals surface area contributed by atoms with Crippen molar-refractivity contribution in [2.45, 2.75) is 101 Å². The fourth-order valence-electron chi connectivity index (χ4n) is 8.32. The second kappa shape index (κ2) is 25.9. The SMILES string of the molecule is COc1ccc(CO[C@H]2[C@H](O[C@H]3[C@H](OCc4ccccc4)[C@@H](OCc4ccccc4)[C@@H](O)O[C@@H]3COCc3ccccc3)O[C@H](COCc3ccccc3)[C@H](O)[C@@H]2OCc2ccc(OC)cc2)cc1. The van der Waals surface area contributed by atoms with Crippen LogP contribution in [0.25, 0.3) is 0 Å². The number of hydrogen-bond donors (Lipinski definition) is 2. The first-order valence-corrected chi connectivity index (χ1v) is 23.3. The monoisotopic (exact) mass is 942 g/mol. The molecule has 2 saturated heterocycles. The van der Waals surface area contributed by atoms with Crippen LogP contribution in [-0.4, -0.2) is 99.1 Å². The zero-order valence-corrected chi connectivity index (χ0v) is 39.0. The Morgan fingerprint density at radius 3 is 1.20 bits per heavy atom. The van der Waals surface area contributed by atoms with Gasteiger partial charge in [-0.25, -0.2) is 0 Å². The van der Waals surface area contributed by atoms with E-state index in [1.54, 1.807) is 14.2 Å². The first-order chi connectivity index (χ1) is 33.9. The molecular weight excluding hydrogens is 881 g/mol. The van der Waals surface area contributed by atoms with E-state index in [0.29, 0.717) is 11.5 Å². The lowest BCUT2D eigenvalue weighted by atomic mass is 9.96. The van der Waals surface area contributed by atoms with Crippen LogP contribution in [0.3, 0.4) is 0 Å².